The molecule has 0 fully saturated rings. The third kappa shape index (κ3) is 21.1. The van der Waals surface area contributed by atoms with E-state index < -0.39 is 0 Å². The minimum atomic E-state index is 0. The molecule has 0 saturated heterocycles. The molecule has 5 heteroatoms. The van der Waals surface area contributed by atoms with Crippen LogP contribution >= 0.6 is 34.1 Å². The zero-order valence-corrected chi connectivity index (χ0v) is 17.4. The van der Waals surface area contributed by atoms with Crippen molar-refractivity contribution >= 4 is 41.7 Å². The second kappa shape index (κ2) is 27.1. The first kappa shape index (κ1) is 31.8. The SMILES string of the molecule is Cl.Cl.PCc1ccccc1.[C-]1=CC=CC1.[CH3-].[CH3-].[SiH2]=[Ti]. The van der Waals surface area contributed by atoms with Crippen LogP contribution < -0.4 is 0 Å². The molecule has 0 nitrogen and oxygen atoms in total. The van der Waals surface area contributed by atoms with Gasteiger partial charge in [0.1, 0.15) is 0 Å². The Kier molecular flexibility index (Phi) is 45.4. The van der Waals surface area contributed by atoms with E-state index in [4.69, 9.17) is 0 Å². The fourth-order valence-electron chi connectivity index (χ4n) is 0.954. The molecule has 1 aromatic carbocycles. The van der Waals surface area contributed by atoms with Gasteiger partial charge in [-0.25, -0.2) is 12.2 Å². The van der Waals surface area contributed by atoms with Crippen molar-refractivity contribution in [2.75, 3.05) is 0 Å². The predicted octanol–water partition coefficient (Wildman–Crippen LogP) is 4.19. The molecule has 1 atom stereocenters. The van der Waals surface area contributed by atoms with Crippen LogP contribution in [0.3, 0.4) is 0 Å². The Morgan fingerprint density at radius 3 is 1.84 bits per heavy atom. The number of hydrogen-bond acceptors (Lipinski definition) is 0. The third-order valence-electron chi connectivity index (χ3n) is 1.66. The summed E-state index contributed by atoms with van der Waals surface area (Å²) in [5.41, 5.74) is 1.37. The van der Waals surface area contributed by atoms with E-state index in [0.717, 1.165) is 12.6 Å². The van der Waals surface area contributed by atoms with Crippen molar-refractivity contribution in [3.63, 3.8) is 0 Å². The van der Waals surface area contributed by atoms with Crippen LogP contribution in [0.5, 0.6) is 0 Å². The van der Waals surface area contributed by atoms with Crippen LogP contribution in [0.1, 0.15) is 12.0 Å². The average Bonchev–Trinajstić information content (AvgIpc) is 2.92. The van der Waals surface area contributed by atoms with Gasteiger partial charge in [-0.3, -0.25) is 6.08 Å². The first-order valence-electron chi connectivity index (χ1n) is 4.74. The Morgan fingerprint density at radius 2 is 1.63 bits per heavy atom. The Labute approximate surface area is 148 Å². The molecule has 1 aromatic rings. The first-order chi connectivity index (χ1) is 7.43. The molecule has 1 unspecified atom stereocenters. The van der Waals surface area contributed by atoms with E-state index in [-0.39, 0.29) is 39.7 Å². The van der Waals surface area contributed by atoms with Crippen LogP contribution in [0.25, 0.3) is 0 Å². The Hall–Kier alpha value is 0.641. The first-order valence-corrected chi connectivity index (χ1v) is 9.58. The second-order valence-electron chi connectivity index (χ2n) is 2.69. The number of rotatable bonds is 1. The second-order valence-corrected chi connectivity index (χ2v) is 3.10. The molecule has 0 N–H and O–H groups in total. The summed E-state index contributed by atoms with van der Waals surface area (Å²) in [4.78, 5) is 0. The molecule has 0 saturated carbocycles. The third-order valence-corrected chi connectivity index (χ3v) is 2.14. The number of allylic oxidation sites excluding steroid dienone is 4. The van der Waals surface area contributed by atoms with E-state index >= 15 is 0 Å². The summed E-state index contributed by atoms with van der Waals surface area (Å²) in [6.45, 7) is 0. The maximum absolute atomic E-state index is 2.99. The molecule has 0 spiro atoms. The van der Waals surface area contributed by atoms with Crippen molar-refractivity contribution in [2.24, 2.45) is 0 Å². The molecule has 0 aliphatic heterocycles. The number of halogens is 2. The van der Waals surface area contributed by atoms with Crippen LogP contribution in [-0.4, -0.2) is 7.63 Å². The van der Waals surface area contributed by atoms with Gasteiger partial charge in [-0.15, -0.1) is 40.5 Å². The van der Waals surface area contributed by atoms with Crippen molar-refractivity contribution in [2.45, 2.75) is 12.6 Å². The molecule has 0 aromatic heterocycles. The van der Waals surface area contributed by atoms with Crippen molar-refractivity contribution in [3.8, 4) is 0 Å². The Morgan fingerprint density at radius 1 is 1.11 bits per heavy atom. The van der Waals surface area contributed by atoms with Crippen molar-refractivity contribution in [1.29, 1.82) is 0 Å². The molecular weight excluding hydrogens is 346 g/mol. The molecule has 19 heavy (non-hydrogen) atoms. The van der Waals surface area contributed by atoms with Gasteiger partial charge in [0.2, 0.25) is 0 Å². The fraction of sp³-hybridized carbons (Fsp3) is 0.143. The van der Waals surface area contributed by atoms with E-state index in [1.54, 1.807) is 0 Å². The normalized spacial score (nSPS) is 8.63. The maximum atomic E-state index is 2.99. The average molecular weight is 370 g/mol. The summed E-state index contributed by atoms with van der Waals surface area (Å²) in [7, 11) is 4.55. The summed E-state index contributed by atoms with van der Waals surface area (Å²) in [5.74, 6) is 0. The number of benzene rings is 1. The van der Waals surface area contributed by atoms with Gasteiger partial charge in [-0.2, -0.15) is 6.08 Å². The van der Waals surface area contributed by atoms with Gasteiger partial charge in [0.15, 0.2) is 0 Å². The number of hydrogen-bond donors (Lipinski definition) is 0. The summed E-state index contributed by atoms with van der Waals surface area (Å²) in [6, 6.07) is 10.4. The molecule has 1 aliphatic rings. The van der Waals surface area contributed by atoms with Gasteiger partial charge >= 0.3 is 26.8 Å². The van der Waals surface area contributed by atoms with Gasteiger partial charge in [0.05, 0.1) is 0 Å². The topological polar surface area (TPSA) is 0 Å². The Bertz CT molecular complexity index is 296. The monoisotopic (exact) mass is 369 g/mol. The van der Waals surface area contributed by atoms with Crippen LogP contribution in [0.2, 0.25) is 0 Å². The summed E-state index contributed by atoms with van der Waals surface area (Å²) in [6.07, 6.45) is 11.1. The molecule has 0 radical (unpaired) electrons. The molecule has 0 bridgehead atoms. The zero-order chi connectivity index (χ0) is 11.4. The summed E-state index contributed by atoms with van der Waals surface area (Å²) >= 11 is 2.03. The van der Waals surface area contributed by atoms with Crippen molar-refractivity contribution in [3.05, 3.63) is 75.1 Å². The van der Waals surface area contributed by atoms with E-state index in [1.165, 1.54) is 5.56 Å². The molecule has 2 rings (SSSR count). The standard InChI is InChI=1S/C7H9P.C5H5.2CH3.2ClH.H2Si.Ti/c8-6-7-4-2-1-3-5-7;1-2-4-5-3-1;;;;;;/h1-5H,6,8H2;1-3H,4H2;2*1H3;2*1H;1H2;/q;3*-1;;;;. The summed E-state index contributed by atoms with van der Waals surface area (Å²) in [5, 5.41) is 0. The van der Waals surface area contributed by atoms with Crippen molar-refractivity contribution < 1.29 is 19.2 Å². The van der Waals surface area contributed by atoms with E-state index in [2.05, 4.69) is 45.7 Å². The van der Waals surface area contributed by atoms with Crippen LogP contribution in [0, 0.1) is 20.9 Å². The zero-order valence-electron chi connectivity index (χ0n) is 11.6. The minimum absolute atomic E-state index is 0. The molecular formula is C14H24Cl2PSiTi-3. The fourth-order valence-corrected chi connectivity index (χ4v) is 1.23. The van der Waals surface area contributed by atoms with Gasteiger partial charge < -0.3 is 14.9 Å². The molecule has 0 amide bonds. The van der Waals surface area contributed by atoms with Crippen molar-refractivity contribution in [1.82, 2.24) is 0 Å². The van der Waals surface area contributed by atoms with Gasteiger partial charge in [-0.1, -0.05) is 30.3 Å². The van der Waals surface area contributed by atoms with Crippen LogP contribution in [0.4, 0.5) is 0 Å². The Balaban J connectivity index is -0.0000000534. The quantitative estimate of drug-likeness (QED) is 0.395. The predicted molar refractivity (Wildman–Crippen MR) is 97.3 cm³/mol. The van der Waals surface area contributed by atoms with Crippen LogP contribution in [0.15, 0.2) is 48.6 Å². The van der Waals surface area contributed by atoms with Crippen LogP contribution in [-0.2, 0) is 25.3 Å². The van der Waals surface area contributed by atoms with E-state index in [1.807, 2.05) is 45.0 Å². The van der Waals surface area contributed by atoms with E-state index in [0.29, 0.717) is 0 Å². The molecule has 110 valence electrons. The van der Waals surface area contributed by atoms with Gasteiger partial charge in [0, 0.05) is 0 Å². The van der Waals surface area contributed by atoms with E-state index in [9.17, 15) is 0 Å². The van der Waals surface area contributed by atoms with Gasteiger partial charge in [0.25, 0.3) is 0 Å². The molecule has 1 aliphatic carbocycles. The van der Waals surface area contributed by atoms with Gasteiger partial charge in [-0.05, 0) is 11.7 Å². The summed E-state index contributed by atoms with van der Waals surface area (Å²) < 4.78 is 0. The molecule has 0 heterocycles.